The van der Waals surface area contributed by atoms with Crippen molar-refractivity contribution in [1.29, 1.82) is 0 Å². The van der Waals surface area contributed by atoms with Crippen LogP contribution in [0.4, 0.5) is 5.69 Å². The van der Waals surface area contributed by atoms with Gasteiger partial charge in [0, 0.05) is 36.8 Å². The summed E-state index contributed by atoms with van der Waals surface area (Å²) in [5, 5.41) is 0. The lowest BCUT2D eigenvalue weighted by molar-refractivity contribution is -0.116. The van der Waals surface area contributed by atoms with E-state index in [1.807, 2.05) is 6.07 Å². The molecule has 0 atom stereocenters. The summed E-state index contributed by atoms with van der Waals surface area (Å²) >= 11 is 0. The van der Waals surface area contributed by atoms with Gasteiger partial charge in [-0.1, -0.05) is 6.07 Å². The van der Waals surface area contributed by atoms with E-state index in [9.17, 15) is 4.79 Å². The van der Waals surface area contributed by atoms with Crippen molar-refractivity contribution in [2.45, 2.75) is 19.8 Å². The maximum absolute atomic E-state index is 11.2. The summed E-state index contributed by atoms with van der Waals surface area (Å²) in [5.41, 5.74) is 3.47. The summed E-state index contributed by atoms with van der Waals surface area (Å²) in [6, 6.07) is 4.09. The Morgan fingerprint density at radius 1 is 1.50 bits per heavy atom. The van der Waals surface area contributed by atoms with Crippen LogP contribution >= 0.6 is 0 Å². The van der Waals surface area contributed by atoms with E-state index in [2.05, 4.69) is 18.0 Å². The zero-order valence-electron chi connectivity index (χ0n) is 10.0. The van der Waals surface area contributed by atoms with Crippen molar-refractivity contribution < 1.29 is 9.53 Å². The average molecular weight is 219 g/mol. The third kappa shape index (κ3) is 1.77. The van der Waals surface area contributed by atoms with Gasteiger partial charge >= 0.3 is 0 Å². The van der Waals surface area contributed by atoms with E-state index >= 15 is 0 Å². The number of fused-ring (bicyclic) bond motifs is 1. The number of Topliss-reactive ketones (excluding diaryl/α,β-unsaturated/α-hetero) is 1. The van der Waals surface area contributed by atoms with Crippen LogP contribution in [0.15, 0.2) is 12.1 Å². The van der Waals surface area contributed by atoms with Crippen LogP contribution in [0.3, 0.4) is 0 Å². The molecule has 1 aliphatic rings. The molecule has 0 amide bonds. The Morgan fingerprint density at radius 2 is 2.25 bits per heavy atom. The highest BCUT2D eigenvalue weighted by molar-refractivity contribution is 5.80. The Balaban J connectivity index is 2.46. The van der Waals surface area contributed by atoms with Crippen molar-refractivity contribution >= 4 is 11.5 Å². The van der Waals surface area contributed by atoms with Gasteiger partial charge in [-0.25, -0.2) is 0 Å². The fraction of sp³-hybridized carbons (Fsp3) is 0.462. The lowest BCUT2D eigenvalue weighted by Gasteiger charge is -2.15. The van der Waals surface area contributed by atoms with Crippen LogP contribution in [0, 0.1) is 0 Å². The minimum atomic E-state index is 0.171. The zero-order valence-corrected chi connectivity index (χ0v) is 10.0. The highest BCUT2D eigenvalue weighted by Crippen LogP contribution is 2.37. The van der Waals surface area contributed by atoms with Crippen molar-refractivity contribution in [3.63, 3.8) is 0 Å². The molecule has 1 heterocycles. The van der Waals surface area contributed by atoms with E-state index in [-0.39, 0.29) is 5.78 Å². The van der Waals surface area contributed by atoms with Gasteiger partial charge in [0.05, 0.1) is 7.11 Å². The largest absolute Gasteiger partial charge is 0.496 e. The standard InChI is InChI=1S/C13H17NO2/c1-9(15)8-10-4-5-12-11(13(10)16-3)6-7-14(12)2/h4-5H,6-8H2,1-3H3. The lowest BCUT2D eigenvalue weighted by Crippen LogP contribution is -2.12. The highest BCUT2D eigenvalue weighted by Gasteiger charge is 2.22. The first-order chi connectivity index (χ1) is 7.63. The number of carbonyl (C=O) groups excluding carboxylic acids is 1. The Kier molecular flexibility index (Phi) is 2.86. The maximum Gasteiger partial charge on any atom is 0.134 e. The molecular formula is C13H17NO2. The van der Waals surface area contributed by atoms with Gasteiger partial charge in [-0.3, -0.25) is 4.79 Å². The number of carbonyl (C=O) groups is 1. The zero-order chi connectivity index (χ0) is 11.7. The average Bonchev–Trinajstić information content (AvgIpc) is 2.59. The van der Waals surface area contributed by atoms with Crippen molar-refractivity contribution in [3.05, 3.63) is 23.3 Å². The molecule has 0 saturated carbocycles. The van der Waals surface area contributed by atoms with E-state index in [1.165, 1.54) is 11.3 Å². The molecule has 0 bridgehead atoms. The number of methoxy groups -OCH3 is 1. The molecule has 3 heteroatoms. The van der Waals surface area contributed by atoms with Crippen LogP contribution < -0.4 is 9.64 Å². The molecule has 0 aromatic heterocycles. The third-order valence-corrected chi connectivity index (χ3v) is 3.07. The number of anilines is 1. The molecule has 0 spiro atoms. The van der Waals surface area contributed by atoms with Crippen LogP contribution in [0.2, 0.25) is 0 Å². The Labute approximate surface area is 96.0 Å². The molecule has 0 radical (unpaired) electrons. The van der Waals surface area contributed by atoms with Gasteiger partial charge in [-0.2, -0.15) is 0 Å². The summed E-state index contributed by atoms with van der Waals surface area (Å²) < 4.78 is 5.46. The molecule has 0 fully saturated rings. The van der Waals surface area contributed by atoms with E-state index < -0.39 is 0 Å². The lowest BCUT2D eigenvalue weighted by atomic mass is 10.0. The maximum atomic E-state index is 11.2. The molecule has 1 aromatic rings. The number of benzene rings is 1. The normalized spacial score (nSPS) is 13.8. The van der Waals surface area contributed by atoms with E-state index in [4.69, 9.17) is 4.74 Å². The first-order valence-corrected chi connectivity index (χ1v) is 5.52. The second-order valence-corrected chi connectivity index (χ2v) is 4.31. The SMILES string of the molecule is COc1c(CC(C)=O)ccc2c1CCN2C. The number of ketones is 1. The van der Waals surface area contributed by atoms with Crippen LogP contribution in [0.5, 0.6) is 5.75 Å². The van der Waals surface area contributed by atoms with E-state index in [0.29, 0.717) is 6.42 Å². The Hall–Kier alpha value is -1.51. The summed E-state index contributed by atoms with van der Waals surface area (Å²) in [6.45, 7) is 2.63. The van der Waals surface area contributed by atoms with Gasteiger partial charge in [0.1, 0.15) is 11.5 Å². The van der Waals surface area contributed by atoms with Crippen molar-refractivity contribution in [3.8, 4) is 5.75 Å². The monoisotopic (exact) mass is 219 g/mol. The van der Waals surface area contributed by atoms with Gasteiger partial charge in [0.15, 0.2) is 0 Å². The van der Waals surface area contributed by atoms with Gasteiger partial charge < -0.3 is 9.64 Å². The summed E-state index contributed by atoms with van der Waals surface area (Å²) in [7, 11) is 3.76. The van der Waals surface area contributed by atoms with E-state index in [0.717, 1.165) is 24.3 Å². The highest BCUT2D eigenvalue weighted by atomic mass is 16.5. The van der Waals surface area contributed by atoms with Crippen LogP contribution in [0.25, 0.3) is 0 Å². The fourth-order valence-corrected chi connectivity index (χ4v) is 2.33. The molecule has 1 aromatic carbocycles. The molecule has 0 saturated heterocycles. The third-order valence-electron chi connectivity index (χ3n) is 3.07. The smallest absolute Gasteiger partial charge is 0.134 e. The second kappa shape index (κ2) is 4.16. The number of rotatable bonds is 3. The molecule has 0 N–H and O–H groups in total. The number of nitrogens with zero attached hydrogens (tertiary/aromatic N) is 1. The molecule has 1 aliphatic heterocycles. The first kappa shape index (κ1) is 11.0. The predicted octanol–water partition coefficient (Wildman–Crippen LogP) is 1.82. The minimum absolute atomic E-state index is 0.171. The fourth-order valence-electron chi connectivity index (χ4n) is 2.33. The molecule has 86 valence electrons. The summed E-state index contributed by atoms with van der Waals surface area (Å²) in [4.78, 5) is 13.4. The molecule has 2 rings (SSSR count). The predicted molar refractivity (Wildman–Crippen MR) is 64.4 cm³/mol. The molecule has 0 unspecified atom stereocenters. The summed E-state index contributed by atoms with van der Waals surface area (Å²) in [5.74, 6) is 1.07. The summed E-state index contributed by atoms with van der Waals surface area (Å²) in [6.07, 6.45) is 1.46. The Morgan fingerprint density at radius 3 is 2.88 bits per heavy atom. The van der Waals surface area contributed by atoms with Gasteiger partial charge in [0.2, 0.25) is 0 Å². The van der Waals surface area contributed by atoms with Gasteiger partial charge in [-0.05, 0) is 19.4 Å². The van der Waals surface area contributed by atoms with Crippen molar-refractivity contribution in [2.24, 2.45) is 0 Å². The van der Waals surface area contributed by atoms with Crippen molar-refractivity contribution in [1.82, 2.24) is 0 Å². The van der Waals surface area contributed by atoms with Crippen molar-refractivity contribution in [2.75, 3.05) is 25.6 Å². The topological polar surface area (TPSA) is 29.5 Å². The second-order valence-electron chi connectivity index (χ2n) is 4.31. The van der Waals surface area contributed by atoms with E-state index in [1.54, 1.807) is 14.0 Å². The van der Waals surface area contributed by atoms with Gasteiger partial charge in [0.25, 0.3) is 0 Å². The van der Waals surface area contributed by atoms with Crippen LogP contribution in [-0.4, -0.2) is 26.5 Å². The van der Waals surface area contributed by atoms with Crippen LogP contribution in [-0.2, 0) is 17.6 Å². The van der Waals surface area contributed by atoms with Gasteiger partial charge in [-0.15, -0.1) is 0 Å². The number of ether oxygens (including phenoxy) is 1. The Bertz CT molecular complexity index is 426. The number of likely N-dealkylation sites (N-methyl/N-ethyl adjacent to an activating group) is 1. The number of hydrogen-bond acceptors (Lipinski definition) is 3. The minimum Gasteiger partial charge on any atom is -0.496 e. The van der Waals surface area contributed by atoms with Crippen LogP contribution in [0.1, 0.15) is 18.1 Å². The molecular weight excluding hydrogens is 202 g/mol. The molecule has 3 nitrogen and oxygen atoms in total. The molecule has 16 heavy (non-hydrogen) atoms. The molecule has 0 aliphatic carbocycles. The first-order valence-electron chi connectivity index (χ1n) is 5.52. The number of hydrogen-bond donors (Lipinski definition) is 0. The quantitative estimate of drug-likeness (QED) is 0.776.